The van der Waals surface area contributed by atoms with Gasteiger partial charge in [0.2, 0.25) is 5.91 Å². The predicted molar refractivity (Wildman–Crippen MR) is 230 cm³/mol. The standard InChI is InChI=1S/C46H58N8O6/c1-6-8-10-13-30(5)40(60-45(47)57)44(56)54-25-12-15-38(54)42-49-28-36(51-42)34-22-18-32(19-23-34)31-16-20-33(21-17-31)35-27-48-41(50-35)37-14-11-24-53(37)43(55)39(29(3)4)52-46(58)59-26-9-7-2/h7-8,10,16-23,27-30,37-40H,2,6,9,11-15,24-26H2,1,3-5H3,(H2,47,57)(H,48,50)(H,49,51)(H,52,58)/t30?,37-,38-,39-,40-/m0/s1. The van der Waals surface area contributed by atoms with Crippen molar-refractivity contribution in [1.82, 2.24) is 35.1 Å². The second kappa shape index (κ2) is 20.2. The van der Waals surface area contributed by atoms with E-state index in [-0.39, 0.29) is 42.3 Å². The molecule has 2 aliphatic rings. The molecule has 60 heavy (non-hydrogen) atoms. The monoisotopic (exact) mass is 818 g/mol. The highest BCUT2D eigenvalue weighted by atomic mass is 16.6. The summed E-state index contributed by atoms with van der Waals surface area (Å²) in [6, 6.07) is 15.2. The fourth-order valence-electron chi connectivity index (χ4n) is 8.01. The molecule has 0 bridgehead atoms. The quantitative estimate of drug-likeness (QED) is 0.0605. The van der Waals surface area contributed by atoms with Crippen LogP contribution in [-0.2, 0) is 19.1 Å². The molecule has 5 N–H and O–H groups in total. The summed E-state index contributed by atoms with van der Waals surface area (Å²) in [4.78, 5) is 71.5. The van der Waals surface area contributed by atoms with Crippen molar-refractivity contribution in [2.24, 2.45) is 17.6 Å². The van der Waals surface area contributed by atoms with E-state index in [2.05, 4.69) is 51.1 Å². The number of nitrogens with one attached hydrogen (secondary N) is 3. The molecule has 2 saturated heterocycles. The number of carbonyl (C=O) groups excluding carboxylic acids is 4. The van der Waals surface area contributed by atoms with Crippen molar-refractivity contribution in [3.8, 4) is 33.6 Å². The molecule has 0 radical (unpaired) electrons. The smallest absolute Gasteiger partial charge is 0.407 e. The van der Waals surface area contributed by atoms with Gasteiger partial charge in [-0.05, 0) is 73.1 Å². The third kappa shape index (κ3) is 10.3. The summed E-state index contributed by atoms with van der Waals surface area (Å²) in [5.41, 5.74) is 11.1. The van der Waals surface area contributed by atoms with E-state index in [1.807, 2.05) is 69.0 Å². The van der Waals surface area contributed by atoms with Gasteiger partial charge >= 0.3 is 12.2 Å². The van der Waals surface area contributed by atoms with Crippen LogP contribution in [0.5, 0.6) is 0 Å². The number of nitrogens with zero attached hydrogens (tertiary/aromatic N) is 4. The van der Waals surface area contributed by atoms with Crippen LogP contribution in [0.25, 0.3) is 33.6 Å². The van der Waals surface area contributed by atoms with Crippen LogP contribution < -0.4 is 11.1 Å². The average Bonchev–Trinajstić information content (AvgIpc) is 4.09. The third-order valence-corrected chi connectivity index (χ3v) is 11.3. The Labute approximate surface area is 352 Å². The van der Waals surface area contributed by atoms with E-state index in [1.165, 1.54) is 0 Å². The van der Waals surface area contributed by atoms with Gasteiger partial charge in [-0.15, -0.1) is 6.58 Å². The molecule has 0 spiro atoms. The maximum Gasteiger partial charge on any atom is 0.407 e. The Bertz CT molecular complexity index is 2120. The first-order valence-electron chi connectivity index (χ1n) is 21.1. The highest BCUT2D eigenvalue weighted by Crippen LogP contribution is 2.35. The van der Waals surface area contributed by atoms with E-state index in [4.69, 9.17) is 20.2 Å². The van der Waals surface area contributed by atoms with Crippen molar-refractivity contribution in [3.05, 3.63) is 97.4 Å². The molecule has 2 aromatic carbocycles. The highest BCUT2D eigenvalue weighted by Gasteiger charge is 2.40. The summed E-state index contributed by atoms with van der Waals surface area (Å²) in [6.07, 6.45) is 11.9. The van der Waals surface area contributed by atoms with Gasteiger partial charge in [0.05, 0.1) is 42.5 Å². The lowest BCUT2D eigenvalue weighted by Gasteiger charge is -2.30. The summed E-state index contributed by atoms with van der Waals surface area (Å²) in [7, 11) is 0. The first kappa shape index (κ1) is 43.4. The molecule has 2 aliphatic heterocycles. The van der Waals surface area contributed by atoms with Crippen molar-refractivity contribution in [3.63, 3.8) is 0 Å². The van der Waals surface area contributed by atoms with Gasteiger partial charge in [-0.2, -0.15) is 0 Å². The van der Waals surface area contributed by atoms with Gasteiger partial charge in [0.15, 0.2) is 6.10 Å². The number of imidazole rings is 2. The van der Waals surface area contributed by atoms with Crippen LogP contribution in [0.2, 0.25) is 0 Å². The molecule has 4 heterocycles. The minimum Gasteiger partial charge on any atom is -0.449 e. The number of alkyl carbamates (subject to hydrolysis) is 1. The lowest BCUT2D eigenvalue weighted by molar-refractivity contribution is -0.144. The second-order valence-electron chi connectivity index (χ2n) is 15.9. The van der Waals surface area contributed by atoms with E-state index in [0.29, 0.717) is 37.6 Å². The predicted octanol–water partition coefficient (Wildman–Crippen LogP) is 8.24. The third-order valence-electron chi connectivity index (χ3n) is 11.3. The Hall–Kier alpha value is -6.18. The molecule has 2 aromatic heterocycles. The molecule has 14 heteroatoms. The number of primary amides is 1. The summed E-state index contributed by atoms with van der Waals surface area (Å²) < 4.78 is 10.6. The number of amides is 4. The number of carbonyl (C=O) groups is 4. The SMILES string of the molecule is C=CCCOC(=O)N[C@H](C(=O)N1CCC[C@H]1c1ncc(-c2ccc(-c3ccc(-c4cnc([C@@H]5CCCN5C(=O)[C@@H](OC(N)=O)C(C)CC=CCC)[nH]4)cc3)cc2)[nH]1)C(C)C. The Morgan fingerprint density at radius 1 is 0.833 bits per heavy atom. The van der Waals surface area contributed by atoms with Crippen LogP contribution in [0.4, 0.5) is 9.59 Å². The molecular weight excluding hydrogens is 761 g/mol. The number of likely N-dealkylation sites (tertiary alicyclic amines) is 2. The Kier molecular flexibility index (Phi) is 14.6. The molecule has 318 valence electrons. The zero-order chi connectivity index (χ0) is 42.8. The normalized spacial score (nSPS) is 18.1. The fraction of sp³-hybridized carbons (Fsp3) is 0.435. The van der Waals surface area contributed by atoms with Crippen LogP contribution >= 0.6 is 0 Å². The van der Waals surface area contributed by atoms with Gasteiger partial charge in [0.25, 0.3) is 5.91 Å². The van der Waals surface area contributed by atoms with Crippen molar-refractivity contribution in [1.29, 1.82) is 0 Å². The first-order chi connectivity index (χ1) is 29.0. The van der Waals surface area contributed by atoms with Crippen molar-refractivity contribution in [2.45, 2.75) is 96.9 Å². The zero-order valence-corrected chi connectivity index (χ0v) is 35.1. The molecule has 0 saturated carbocycles. The van der Waals surface area contributed by atoms with Gasteiger partial charge in [-0.3, -0.25) is 9.59 Å². The van der Waals surface area contributed by atoms with E-state index >= 15 is 0 Å². The minimum absolute atomic E-state index is 0.128. The number of aromatic amines is 2. The van der Waals surface area contributed by atoms with E-state index in [0.717, 1.165) is 65.7 Å². The lowest BCUT2D eigenvalue weighted by atomic mass is 9.98. The number of hydrogen-bond donors (Lipinski definition) is 4. The molecule has 0 aliphatic carbocycles. The molecule has 14 nitrogen and oxygen atoms in total. The van der Waals surface area contributed by atoms with Crippen molar-refractivity contribution in [2.75, 3.05) is 19.7 Å². The van der Waals surface area contributed by atoms with Crippen LogP contribution in [0.15, 0.2) is 85.7 Å². The Morgan fingerprint density at radius 2 is 1.35 bits per heavy atom. The van der Waals surface area contributed by atoms with Gasteiger partial charge in [-0.25, -0.2) is 19.6 Å². The summed E-state index contributed by atoms with van der Waals surface area (Å²) in [5.74, 6) is 0.636. The minimum atomic E-state index is -0.975. The zero-order valence-electron chi connectivity index (χ0n) is 35.1. The van der Waals surface area contributed by atoms with Gasteiger partial charge in [0, 0.05) is 19.0 Å². The number of benzene rings is 2. The van der Waals surface area contributed by atoms with Gasteiger partial charge < -0.3 is 40.3 Å². The summed E-state index contributed by atoms with van der Waals surface area (Å²) in [6.45, 7) is 12.7. The molecule has 4 amide bonds. The topological polar surface area (TPSA) is 189 Å². The van der Waals surface area contributed by atoms with Gasteiger partial charge in [0.1, 0.15) is 17.7 Å². The van der Waals surface area contributed by atoms with Crippen molar-refractivity contribution >= 4 is 24.0 Å². The summed E-state index contributed by atoms with van der Waals surface area (Å²) in [5, 5.41) is 2.77. The van der Waals surface area contributed by atoms with Crippen LogP contribution in [-0.4, -0.2) is 85.6 Å². The van der Waals surface area contributed by atoms with Crippen LogP contribution in [0.3, 0.4) is 0 Å². The van der Waals surface area contributed by atoms with Crippen LogP contribution in [0, 0.1) is 11.8 Å². The maximum absolute atomic E-state index is 13.8. The first-order valence-corrected chi connectivity index (χ1v) is 21.1. The fourth-order valence-corrected chi connectivity index (χ4v) is 8.01. The Balaban J connectivity index is 1.09. The molecular formula is C46H58N8O6. The van der Waals surface area contributed by atoms with Crippen LogP contribution in [0.1, 0.15) is 96.4 Å². The molecule has 6 rings (SSSR count). The van der Waals surface area contributed by atoms with E-state index in [1.54, 1.807) is 23.4 Å². The van der Waals surface area contributed by atoms with Gasteiger partial charge in [-0.1, -0.05) is 94.5 Å². The number of rotatable bonds is 17. The molecule has 4 aromatic rings. The second-order valence-corrected chi connectivity index (χ2v) is 15.9. The number of H-pyrrole nitrogens is 2. The van der Waals surface area contributed by atoms with E-state index in [9.17, 15) is 19.2 Å². The lowest BCUT2D eigenvalue weighted by Crippen LogP contribution is -2.51. The van der Waals surface area contributed by atoms with E-state index < -0.39 is 24.3 Å². The van der Waals surface area contributed by atoms with Crippen molar-refractivity contribution < 1.29 is 28.7 Å². The average molecular weight is 819 g/mol. The number of aromatic nitrogens is 4. The maximum atomic E-state index is 13.8. The number of allylic oxidation sites excluding steroid dienone is 2. The summed E-state index contributed by atoms with van der Waals surface area (Å²) >= 11 is 0. The highest BCUT2D eigenvalue weighted by molar-refractivity contribution is 5.86. The molecule has 5 atom stereocenters. The number of nitrogens with two attached hydrogens (primary N) is 1. The number of ether oxygens (including phenoxy) is 2. The molecule has 1 unspecified atom stereocenters. The molecule has 2 fully saturated rings. The largest absolute Gasteiger partial charge is 0.449 e. The Morgan fingerprint density at radius 3 is 1.83 bits per heavy atom. The number of hydrogen-bond acceptors (Lipinski definition) is 8.